The summed E-state index contributed by atoms with van der Waals surface area (Å²) >= 11 is 0. The highest BCUT2D eigenvalue weighted by molar-refractivity contribution is 5.76. The first-order chi connectivity index (χ1) is 13.8. The van der Waals surface area contributed by atoms with Crippen molar-refractivity contribution in [2.45, 2.75) is 69.1 Å². The molecule has 0 spiro atoms. The van der Waals surface area contributed by atoms with Crippen LogP contribution in [0.1, 0.15) is 61.9 Å². The Morgan fingerprint density at radius 2 is 1.64 bits per heavy atom. The molecule has 3 aromatic rings. The fraction of sp³-hybridized carbons (Fsp3) is 0.458. The number of fused-ring (bicyclic) bond motifs is 3. The Balaban J connectivity index is 1.32. The summed E-state index contributed by atoms with van der Waals surface area (Å²) in [4.78, 5) is 7.61. The van der Waals surface area contributed by atoms with Crippen LogP contribution in [0.4, 0.5) is 4.39 Å². The van der Waals surface area contributed by atoms with Gasteiger partial charge in [0, 0.05) is 36.7 Å². The molecule has 0 N–H and O–H groups in total. The largest absolute Gasteiger partial charge is 0.325 e. The molecule has 0 radical (unpaired) electrons. The van der Waals surface area contributed by atoms with E-state index in [1.54, 1.807) is 12.1 Å². The molecule has 2 saturated heterocycles. The number of halogens is 1. The third kappa shape index (κ3) is 2.77. The standard InChI is InChI=1S/C24H26FN3/c25-18-8-11-23-22(12-18)26-24(17-6-7-17)28(23)21-13-19-9-10-20(14-21)27(19)15-16-4-2-1-3-5-16/h1-5,8,11-12,17,19-21H,6-7,9-10,13-15H2/t19-,20+,21?. The van der Waals surface area contributed by atoms with Crippen molar-refractivity contribution in [1.82, 2.24) is 14.5 Å². The number of nitrogens with zero attached hydrogens (tertiary/aromatic N) is 3. The minimum atomic E-state index is -0.183. The molecule has 3 aliphatic rings. The number of piperidine rings is 1. The summed E-state index contributed by atoms with van der Waals surface area (Å²) in [6, 6.07) is 17.8. The number of benzene rings is 2. The fourth-order valence-corrected chi connectivity index (χ4v) is 5.61. The molecule has 3 fully saturated rings. The number of hydrogen-bond acceptors (Lipinski definition) is 2. The van der Waals surface area contributed by atoms with Gasteiger partial charge in [0.05, 0.1) is 11.0 Å². The molecule has 144 valence electrons. The zero-order valence-electron chi connectivity index (χ0n) is 16.1. The lowest BCUT2D eigenvalue weighted by molar-refractivity contribution is 0.0996. The van der Waals surface area contributed by atoms with Crippen LogP contribution in [-0.2, 0) is 6.54 Å². The van der Waals surface area contributed by atoms with E-state index < -0.39 is 0 Å². The van der Waals surface area contributed by atoms with Gasteiger partial charge in [0.2, 0.25) is 0 Å². The second-order valence-corrected chi connectivity index (χ2v) is 8.92. The molecule has 1 aliphatic carbocycles. The molecule has 1 saturated carbocycles. The summed E-state index contributed by atoms with van der Waals surface area (Å²) < 4.78 is 16.3. The van der Waals surface area contributed by atoms with E-state index >= 15 is 0 Å². The van der Waals surface area contributed by atoms with Crippen LogP contribution in [0.5, 0.6) is 0 Å². The fourth-order valence-electron chi connectivity index (χ4n) is 5.61. The Morgan fingerprint density at radius 3 is 2.36 bits per heavy atom. The van der Waals surface area contributed by atoms with Gasteiger partial charge in [-0.1, -0.05) is 30.3 Å². The van der Waals surface area contributed by atoms with E-state index in [9.17, 15) is 4.39 Å². The van der Waals surface area contributed by atoms with Crippen molar-refractivity contribution in [3.8, 4) is 0 Å². The SMILES string of the molecule is Fc1ccc2c(c1)nc(C1CC1)n2C1C[C@H]2CC[C@@H](C1)N2Cc1ccccc1. The smallest absolute Gasteiger partial charge is 0.125 e. The van der Waals surface area contributed by atoms with E-state index in [1.807, 2.05) is 6.07 Å². The number of imidazole rings is 1. The Hall–Kier alpha value is -2.20. The summed E-state index contributed by atoms with van der Waals surface area (Å²) in [5.41, 5.74) is 3.38. The van der Waals surface area contributed by atoms with Crippen LogP contribution in [0.15, 0.2) is 48.5 Å². The molecule has 0 amide bonds. The zero-order chi connectivity index (χ0) is 18.7. The second-order valence-electron chi connectivity index (χ2n) is 8.92. The van der Waals surface area contributed by atoms with Gasteiger partial charge < -0.3 is 4.57 Å². The van der Waals surface area contributed by atoms with Crippen LogP contribution in [0.25, 0.3) is 11.0 Å². The second kappa shape index (κ2) is 6.41. The number of hydrogen-bond donors (Lipinski definition) is 0. The van der Waals surface area contributed by atoms with Crippen LogP contribution >= 0.6 is 0 Å². The molecule has 3 atom stereocenters. The van der Waals surface area contributed by atoms with Crippen LogP contribution in [0.2, 0.25) is 0 Å². The predicted molar refractivity (Wildman–Crippen MR) is 109 cm³/mol. The summed E-state index contributed by atoms with van der Waals surface area (Å²) in [6.07, 6.45) is 7.43. The van der Waals surface area contributed by atoms with E-state index in [2.05, 4.69) is 39.8 Å². The van der Waals surface area contributed by atoms with Crippen molar-refractivity contribution < 1.29 is 4.39 Å². The molecule has 3 heterocycles. The third-order valence-electron chi connectivity index (χ3n) is 7.05. The summed E-state index contributed by atoms with van der Waals surface area (Å²) in [6.45, 7) is 1.06. The normalized spacial score (nSPS) is 27.5. The van der Waals surface area contributed by atoms with E-state index in [1.165, 1.54) is 49.9 Å². The van der Waals surface area contributed by atoms with E-state index in [-0.39, 0.29) is 5.82 Å². The van der Waals surface area contributed by atoms with Gasteiger partial charge >= 0.3 is 0 Å². The molecule has 6 rings (SSSR count). The predicted octanol–water partition coefficient (Wildman–Crippen LogP) is 5.42. The van der Waals surface area contributed by atoms with Gasteiger partial charge in [-0.05, 0) is 56.2 Å². The van der Waals surface area contributed by atoms with Crippen molar-refractivity contribution in [2.24, 2.45) is 0 Å². The lowest BCUT2D eigenvalue weighted by Crippen LogP contribution is -2.43. The number of aromatic nitrogens is 2. The molecule has 3 nitrogen and oxygen atoms in total. The monoisotopic (exact) mass is 375 g/mol. The van der Waals surface area contributed by atoms with Crippen molar-refractivity contribution in [2.75, 3.05) is 0 Å². The minimum Gasteiger partial charge on any atom is -0.325 e. The topological polar surface area (TPSA) is 21.1 Å². The van der Waals surface area contributed by atoms with Crippen molar-refractivity contribution in [3.05, 3.63) is 65.7 Å². The van der Waals surface area contributed by atoms with Crippen LogP contribution in [0.3, 0.4) is 0 Å². The minimum absolute atomic E-state index is 0.183. The Labute approximate surface area is 165 Å². The lowest BCUT2D eigenvalue weighted by atomic mass is 9.95. The van der Waals surface area contributed by atoms with Crippen LogP contribution in [0, 0.1) is 5.82 Å². The van der Waals surface area contributed by atoms with Crippen molar-refractivity contribution in [3.63, 3.8) is 0 Å². The summed E-state index contributed by atoms with van der Waals surface area (Å²) in [5, 5.41) is 0. The molecule has 28 heavy (non-hydrogen) atoms. The van der Waals surface area contributed by atoms with Gasteiger partial charge in [-0.2, -0.15) is 0 Å². The maximum Gasteiger partial charge on any atom is 0.125 e. The van der Waals surface area contributed by atoms with Gasteiger partial charge in [-0.15, -0.1) is 0 Å². The van der Waals surface area contributed by atoms with E-state index in [4.69, 9.17) is 4.98 Å². The number of rotatable bonds is 4. The molecular weight excluding hydrogens is 349 g/mol. The Morgan fingerprint density at radius 1 is 0.893 bits per heavy atom. The molecule has 1 aromatic heterocycles. The maximum atomic E-state index is 13.8. The first-order valence-corrected chi connectivity index (χ1v) is 10.7. The summed E-state index contributed by atoms with van der Waals surface area (Å²) in [7, 11) is 0. The van der Waals surface area contributed by atoms with E-state index in [0.717, 1.165) is 17.6 Å². The van der Waals surface area contributed by atoms with Gasteiger partial charge in [-0.3, -0.25) is 4.90 Å². The molecule has 1 unspecified atom stereocenters. The van der Waals surface area contributed by atoms with Gasteiger partial charge in [0.15, 0.2) is 0 Å². The first kappa shape index (κ1) is 16.7. The van der Waals surface area contributed by atoms with Crippen molar-refractivity contribution >= 4 is 11.0 Å². The van der Waals surface area contributed by atoms with E-state index in [0.29, 0.717) is 24.0 Å². The van der Waals surface area contributed by atoms with Gasteiger partial charge in [0.25, 0.3) is 0 Å². The van der Waals surface area contributed by atoms with Crippen LogP contribution in [-0.4, -0.2) is 26.5 Å². The average Bonchev–Trinajstić information content (AvgIpc) is 3.45. The lowest BCUT2D eigenvalue weighted by Gasteiger charge is -2.40. The zero-order valence-corrected chi connectivity index (χ0v) is 16.1. The summed E-state index contributed by atoms with van der Waals surface area (Å²) in [5.74, 6) is 1.61. The molecule has 2 bridgehead atoms. The highest BCUT2D eigenvalue weighted by atomic mass is 19.1. The molecule has 4 heteroatoms. The van der Waals surface area contributed by atoms with Gasteiger partial charge in [0.1, 0.15) is 11.6 Å². The Kier molecular flexibility index (Phi) is 3.83. The maximum absolute atomic E-state index is 13.8. The first-order valence-electron chi connectivity index (χ1n) is 10.7. The Bertz CT molecular complexity index is 993. The molecule has 2 aromatic carbocycles. The average molecular weight is 375 g/mol. The third-order valence-corrected chi connectivity index (χ3v) is 7.05. The quantitative estimate of drug-likeness (QED) is 0.607. The van der Waals surface area contributed by atoms with Crippen LogP contribution < -0.4 is 0 Å². The van der Waals surface area contributed by atoms with Gasteiger partial charge in [-0.25, -0.2) is 9.37 Å². The highest BCUT2D eigenvalue weighted by Crippen LogP contribution is 2.47. The molecule has 2 aliphatic heterocycles. The van der Waals surface area contributed by atoms with Crippen molar-refractivity contribution in [1.29, 1.82) is 0 Å². The molecular formula is C24H26FN3. The highest BCUT2D eigenvalue weighted by Gasteiger charge is 2.43.